The molecule has 0 aliphatic heterocycles. The molecule has 0 heterocycles. The summed E-state index contributed by atoms with van der Waals surface area (Å²) >= 11 is 0. The van der Waals surface area contributed by atoms with Gasteiger partial charge in [-0.25, -0.2) is 0 Å². The summed E-state index contributed by atoms with van der Waals surface area (Å²) in [7, 11) is 2.24. The van der Waals surface area contributed by atoms with Crippen LogP contribution < -0.4 is 5.32 Å². The second kappa shape index (κ2) is 7.29. The third kappa shape index (κ3) is 9.17. The van der Waals surface area contributed by atoms with Crippen LogP contribution in [0.5, 0.6) is 0 Å². The van der Waals surface area contributed by atoms with E-state index in [0.717, 1.165) is 6.54 Å². The Labute approximate surface area is 103 Å². The molecule has 1 unspecified atom stereocenters. The van der Waals surface area contributed by atoms with Crippen LogP contribution in [0.15, 0.2) is 0 Å². The van der Waals surface area contributed by atoms with E-state index >= 15 is 0 Å². The van der Waals surface area contributed by atoms with Crippen LogP contribution in [-0.2, 0) is 0 Å². The number of nitrogens with one attached hydrogen (secondary N) is 1. The molecule has 1 atom stereocenters. The zero-order valence-electron chi connectivity index (χ0n) is 12.4. The predicted molar refractivity (Wildman–Crippen MR) is 73.9 cm³/mol. The van der Waals surface area contributed by atoms with Crippen molar-refractivity contribution in [3.05, 3.63) is 0 Å². The van der Waals surface area contributed by atoms with Crippen molar-refractivity contribution >= 4 is 0 Å². The van der Waals surface area contributed by atoms with Gasteiger partial charge in [0.1, 0.15) is 0 Å². The third-order valence-electron chi connectivity index (χ3n) is 2.83. The summed E-state index contributed by atoms with van der Waals surface area (Å²) in [5.74, 6) is 0. The lowest BCUT2D eigenvalue weighted by atomic mass is 9.95. The van der Waals surface area contributed by atoms with E-state index in [-0.39, 0.29) is 0 Å². The Morgan fingerprint density at radius 2 is 1.69 bits per heavy atom. The Balaban J connectivity index is 3.67. The van der Waals surface area contributed by atoms with E-state index in [4.69, 9.17) is 0 Å². The molecule has 1 N–H and O–H groups in total. The maximum atomic E-state index is 3.47. The highest BCUT2D eigenvalue weighted by molar-refractivity contribution is 4.71. The van der Waals surface area contributed by atoms with Crippen molar-refractivity contribution in [2.24, 2.45) is 5.41 Å². The van der Waals surface area contributed by atoms with Gasteiger partial charge >= 0.3 is 0 Å². The van der Waals surface area contributed by atoms with Crippen molar-refractivity contribution in [3.63, 3.8) is 0 Å². The maximum absolute atomic E-state index is 3.47. The van der Waals surface area contributed by atoms with Gasteiger partial charge in [-0.3, -0.25) is 0 Å². The highest BCUT2D eigenvalue weighted by Gasteiger charge is 2.17. The van der Waals surface area contributed by atoms with Gasteiger partial charge in [0.25, 0.3) is 0 Å². The first-order chi connectivity index (χ1) is 7.22. The van der Waals surface area contributed by atoms with E-state index in [2.05, 4.69) is 58.8 Å². The predicted octanol–water partition coefficient (Wildman–Crippen LogP) is 3.13. The number of hydrogen-bond acceptors (Lipinski definition) is 2. The molecule has 0 radical (unpaired) electrons. The highest BCUT2D eigenvalue weighted by atomic mass is 15.1. The fourth-order valence-corrected chi connectivity index (χ4v) is 1.91. The van der Waals surface area contributed by atoms with Gasteiger partial charge < -0.3 is 10.2 Å². The van der Waals surface area contributed by atoms with Crippen molar-refractivity contribution in [1.29, 1.82) is 0 Å². The molecule has 0 aliphatic carbocycles. The van der Waals surface area contributed by atoms with Crippen LogP contribution in [-0.4, -0.2) is 37.1 Å². The van der Waals surface area contributed by atoms with Crippen LogP contribution in [0.4, 0.5) is 0 Å². The number of nitrogens with zero attached hydrogens (tertiary/aromatic N) is 1. The van der Waals surface area contributed by atoms with Gasteiger partial charge in [-0.15, -0.1) is 0 Å². The average Bonchev–Trinajstić information content (AvgIpc) is 2.08. The molecule has 0 saturated heterocycles. The lowest BCUT2D eigenvalue weighted by Crippen LogP contribution is -2.36. The standard InChI is InChI=1S/C14H32N2/c1-12(2)15-10-8-9-13(3)16(7)11-14(4,5)6/h12-13,15H,8-11H2,1-7H3. The van der Waals surface area contributed by atoms with Crippen LogP contribution in [0.3, 0.4) is 0 Å². The highest BCUT2D eigenvalue weighted by Crippen LogP contribution is 2.16. The Morgan fingerprint density at radius 1 is 1.12 bits per heavy atom. The topological polar surface area (TPSA) is 15.3 Å². The summed E-state index contributed by atoms with van der Waals surface area (Å²) in [6.45, 7) is 16.0. The van der Waals surface area contributed by atoms with Gasteiger partial charge in [0.05, 0.1) is 0 Å². The van der Waals surface area contributed by atoms with Crippen molar-refractivity contribution < 1.29 is 0 Å². The van der Waals surface area contributed by atoms with E-state index in [1.807, 2.05) is 0 Å². The zero-order chi connectivity index (χ0) is 12.8. The summed E-state index contributed by atoms with van der Waals surface area (Å²) in [6.07, 6.45) is 2.56. The van der Waals surface area contributed by atoms with E-state index in [1.165, 1.54) is 19.4 Å². The molecule has 0 rings (SSSR count). The van der Waals surface area contributed by atoms with Gasteiger partial charge in [-0.1, -0.05) is 34.6 Å². The Kier molecular flexibility index (Phi) is 7.25. The SMILES string of the molecule is CC(C)NCCCC(C)N(C)CC(C)(C)C. The first kappa shape index (κ1) is 15.9. The molecule has 0 fully saturated rings. The summed E-state index contributed by atoms with van der Waals surface area (Å²) in [6, 6.07) is 1.30. The van der Waals surface area contributed by atoms with Crippen LogP contribution in [0.25, 0.3) is 0 Å². The number of hydrogen-bond donors (Lipinski definition) is 1. The van der Waals surface area contributed by atoms with E-state index in [0.29, 0.717) is 17.5 Å². The van der Waals surface area contributed by atoms with Gasteiger partial charge in [-0.05, 0) is 38.8 Å². The van der Waals surface area contributed by atoms with Gasteiger partial charge in [0.15, 0.2) is 0 Å². The second-order valence-electron chi connectivity index (χ2n) is 6.58. The van der Waals surface area contributed by atoms with E-state index in [1.54, 1.807) is 0 Å². The van der Waals surface area contributed by atoms with Crippen molar-refractivity contribution in [2.45, 2.75) is 66.5 Å². The minimum atomic E-state index is 0.402. The molecular formula is C14H32N2. The Morgan fingerprint density at radius 3 is 2.12 bits per heavy atom. The molecule has 0 spiro atoms. The summed E-state index contributed by atoms with van der Waals surface area (Å²) in [5.41, 5.74) is 0.402. The normalized spacial score (nSPS) is 14.8. The third-order valence-corrected chi connectivity index (χ3v) is 2.83. The molecule has 0 amide bonds. The van der Waals surface area contributed by atoms with Crippen LogP contribution in [0.2, 0.25) is 0 Å². The molecule has 0 aliphatic rings. The largest absolute Gasteiger partial charge is 0.315 e. The molecular weight excluding hydrogens is 196 g/mol. The fourth-order valence-electron chi connectivity index (χ4n) is 1.91. The van der Waals surface area contributed by atoms with Crippen LogP contribution in [0.1, 0.15) is 54.4 Å². The van der Waals surface area contributed by atoms with Gasteiger partial charge in [0, 0.05) is 18.6 Å². The van der Waals surface area contributed by atoms with Crippen molar-refractivity contribution in [3.8, 4) is 0 Å². The average molecular weight is 228 g/mol. The minimum absolute atomic E-state index is 0.402. The monoisotopic (exact) mass is 228 g/mol. The minimum Gasteiger partial charge on any atom is -0.315 e. The molecule has 2 heteroatoms. The Bertz CT molecular complexity index is 170. The molecule has 16 heavy (non-hydrogen) atoms. The summed E-state index contributed by atoms with van der Waals surface area (Å²) in [5, 5.41) is 3.47. The molecule has 98 valence electrons. The molecule has 0 saturated carbocycles. The van der Waals surface area contributed by atoms with Crippen molar-refractivity contribution in [2.75, 3.05) is 20.1 Å². The number of rotatable bonds is 7. The molecule has 0 aromatic carbocycles. The van der Waals surface area contributed by atoms with Crippen LogP contribution in [0, 0.1) is 5.41 Å². The smallest absolute Gasteiger partial charge is 0.00645 e. The molecule has 0 bridgehead atoms. The lowest BCUT2D eigenvalue weighted by molar-refractivity contribution is 0.172. The van der Waals surface area contributed by atoms with Gasteiger partial charge in [-0.2, -0.15) is 0 Å². The van der Waals surface area contributed by atoms with E-state index in [9.17, 15) is 0 Å². The Hall–Kier alpha value is -0.0800. The molecule has 0 aromatic heterocycles. The van der Waals surface area contributed by atoms with E-state index < -0.39 is 0 Å². The quantitative estimate of drug-likeness (QED) is 0.674. The molecule has 0 aromatic rings. The second-order valence-corrected chi connectivity index (χ2v) is 6.58. The lowest BCUT2D eigenvalue weighted by Gasteiger charge is -2.31. The fraction of sp³-hybridized carbons (Fsp3) is 1.00. The van der Waals surface area contributed by atoms with Gasteiger partial charge in [0.2, 0.25) is 0 Å². The zero-order valence-corrected chi connectivity index (χ0v) is 12.4. The summed E-state index contributed by atoms with van der Waals surface area (Å²) < 4.78 is 0. The summed E-state index contributed by atoms with van der Waals surface area (Å²) in [4.78, 5) is 2.48. The maximum Gasteiger partial charge on any atom is 0.00645 e. The van der Waals surface area contributed by atoms with Crippen LogP contribution >= 0.6 is 0 Å². The first-order valence-corrected chi connectivity index (χ1v) is 6.66. The molecule has 2 nitrogen and oxygen atoms in total. The first-order valence-electron chi connectivity index (χ1n) is 6.66. The van der Waals surface area contributed by atoms with Crippen molar-refractivity contribution in [1.82, 2.24) is 10.2 Å².